The molecule has 104 valence electrons. The van der Waals surface area contributed by atoms with Gasteiger partial charge in [0, 0.05) is 6.42 Å². The summed E-state index contributed by atoms with van der Waals surface area (Å²) in [7, 11) is 1.92. The molecule has 2 rings (SSSR count). The lowest BCUT2D eigenvalue weighted by atomic mass is 10.1. The summed E-state index contributed by atoms with van der Waals surface area (Å²) in [5.41, 5.74) is 1.70. The Morgan fingerprint density at radius 1 is 1.10 bits per heavy atom. The summed E-state index contributed by atoms with van der Waals surface area (Å²) < 4.78 is 6.05. The van der Waals surface area contributed by atoms with E-state index in [-0.39, 0.29) is 6.10 Å². The van der Waals surface area contributed by atoms with Crippen LogP contribution in [0, 0.1) is 0 Å². The van der Waals surface area contributed by atoms with Crippen LogP contribution in [0.15, 0.2) is 54.6 Å². The standard InChI is InChI=1S/C17H19NO2/c1-18-12-11-17(14-7-3-2-4-8-14)20-16-10-6-5-9-15(16)13-19/h2-10,13,17-18H,11-12H2,1H3/t17-/m1/s1. The molecule has 0 aromatic heterocycles. The number of hydrogen-bond donors (Lipinski definition) is 1. The van der Waals surface area contributed by atoms with Crippen LogP contribution >= 0.6 is 0 Å². The van der Waals surface area contributed by atoms with Gasteiger partial charge >= 0.3 is 0 Å². The lowest BCUT2D eigenvalue weighted by Crippen LogP contribution is -2.16. The highest BCUT2D eigenvalue weighted by molar-refractivity contribution is 5.79. The van der Waals surface area contributed by atoms with E-state index < -0.39 is 0 Å². The van der Waals surface area contributed by atoms with Gasteiger partial charge in [0.2, 0.25) is 0 Å². The molecule has 20 heavy (non-hydrogen) atoms. The number of ether oxygens (including phenoxy) is 1. The number of benzene rings is 2. The van der Waals surface area contributed by atoms with Gasteiger partial charge in [-0.2, -0.15) is 0 Å². The number of hydrogen-bond acceptors (Lipinski definition) is 3. The molecule has 2 aromatic rings. The largest absolute Gasteiger partial charge is 0.485 e. The fraction of sp³-hybridized carbons (Fsp3) is 0.235. The Morgan fingerprint density at radius 2 is 1.80 bits per heavy atom. The second kappa shape index (κ2) is 7.46. The predicted molar refractivity (Wildman–Crippen MR) is 80.2 cm³/mol. The van der Waals surface area contributed by atoms with Crippen LogP contribution in [-0.2, 0) is 0 Å². The summed E-state index contributed by atoms with van der Waals surface area (Å²) in [6.07, 6.45) is 1.60. The summed E-state index contributed by atoms with van der Waals surface area (Å²) in [6, 6.07) is 17.4. The average molecular weight is 269 g/mol. The van der Waals surface area contributed by atoms with E-state index in [4.69, 9.17) is 4.74 Å². The molecule has 0 saturated carbocycles. The zero-order valence-corrected chi connectivity index (χ0v) is 11.6. The molecule has 2 aromatic carbocycles. The molecular formula is C17H19NO2. The van der Waals surface area contributed by atoms with Crippen molar-refractivity contribution in [1.82, 2.24) is 5.32 Å². The van der Waals surface area contributed by atoms with Crippen LogP contribution in [0.3, 0.4) is 0 Å². The second-order valence-electron chi connectivity index (χ2n) is 4.57. The zero-order valence-electron chi connectivity index (χ0n) is 11.6. The van der Waals surface area contributed by atoms with Crippen LogP contribution in [-0.4, -0.2) is 19.9 Å². The molecule has 0 fully saturated rings. The molecule has 0 bridgehead atoms. The first kappa shape index (κ1) is 14.3. The highest BCUT2D eigenvalue weighted by Crippen LogP contribution is 2.26. The van der Waals surface area contributed by atoms with Gasteiger partial charge in [-0.15, -0.1) is 0 Å². The summed E-state index contributed by atoms with van der Waals surface area (Å²) in [6.45, 7) is 0.850. The first-order valence-electron chi connectivity index (χ1n) is 6.75. The van der Waals surface area contributed by atoms with E-state index in [9.17, 15) is 4.79 Å². The highest BCUT2D eigenvalue weighted by atomic mass is 16.5. The summed E-state index contributed by atoms with van der Waals surface area (Å²) in [5, 5.41) is 3.13. The highest BCUT2D eigenvalue weighted by Gasteiger charge is 2.14. The molecule has 3 heteroatoms. The summed E-state index contributed by atoms with van der Waals surface area (Å²) in [4.78, 5) is 11.1. The average Bonchev–Trinajstić information content (AvgIpc) is 2.52. The van der Waals surface area contributed by atoms with Gasteiger partial charge < -0.3 is 10.1 Å². The second-order valence-corrected chi connectivity index (χ2v) is 4.57. The fourth-order valence-corrected chi connectivity index (χ4v) is 2.08. The SMILES string of the molecule is CNCC[C@@H](Oc1ccccc1C=O)c1ccccc1. The molecule has 3 nitrogen and oxygen atoms in total. The maximum Gasteiger partial charge on any atom is 0.153 e. The van der Waals surface area contributed by atoms with E-state index in [1.165, 1.54) is 0 Å². The Balaban J connectivity index is 2.21. The van der Waals surface area contributed by atoms with Crippen LogP contribution in [0.25, 0.3) is 0 Å². The van der Waals surface area contributed by atoms with Gasteiger partial charge in [0.1, 0.15) is 11.9 Å². The summed E-state index contributed by atoms with van der Waals surface area (Å²) in [5.74, 6) is 0.632. The van der Waals surface area contributed by atoms with E-state index in [2.05, 4.69) is 5.32 Å². The van der Waals surface area contributed by atoms with Gasteiger partial charge in [0.05, 0.1) is 5.56 Å². The van der Waals surface area contributed by atoms with E-state index in [0.29, 0.717) is 11.3 Å². The molecule has 0 amide bonds. The van der Waals surface area contributed by atoms with Gasteiger partial charge in [0.25, 0.3) is 0 Å². The molecule has 0 heterocycles. The molecule has 0 spiro atoms. The lowest BCUT2D eigenvalue weighted by Gasteiger charge is -2.20. The maximum atomic E-state index is 11.1. The Kier molecular flexibility index (Phi) is 5.33. The van der Waals surface area contributed by atoms with Crippen molar-refractivity contribution in [2.75, 3.05) is 13.6 Å². The third-order valence-corrected chi connectivity index (χ3v) is 3.14. The number of rotatable bonds is 7. The minimum Gasteiger partial charge on any atom is -0.485 e. The third kappa shape index (κ3) is 3.68. The van der Waals surface area contributed by atoms with Crippen LogP contribution < -0.4 is 10.1 Å². The van der Waals surface area contributed by atoms with Crippen LogP contribution in [0.4, 0.5) is 0 Å². The van der Waals surface area contributed by atoms with Crippen molar-refractivity contribution in [3.8, 4) is 5.75 Å². The van der Waals surface area contributed by atoms with Crippen molar-refractivity contribution >= 4 is 6.29 Å². The molecular weight excluding hydrogens is 250 g/mol. The molecule has 0 saturated heterocycles. The van der Waals surface area contributed by atoms with Crippen LogP contribution in [0.5, 0.6) is 5.75 Å². The van der Waals surface area contributed by atoms with E-state index in [0.717, 1.165) is 24.8 Å². The van der Waals surface area contributed by atoms with Gasteiger partial charge in [-0.3, -0.25) is 4.79 Å². The number of para-hydroxylation sites is 1. The van der Waals surface area contributed by atoms with E-state index in [1.807, 2.05) is 55.6 Å². The number of carbonyl (C=O) groups is 1. The lowest BCUT2D eigenvalue weighted by molar-refractivity contribution is 0.111. The Morgan fingerprint density at radius 3 is 2.50 bits per heavy atom. The molecule has 0 unspecified atom stereocenters. The van der Waals surface area contributed by atoms with Crippen LogP contribution in [0.2, 0.25) is 0 Å². The first-order valence-corrected chi connectivity index (χ1v) is 6.75. The smallest absolute Gasteiger partial charge is 0.153 e. The molecule has 1 atom stereocenters. The Bertz CT molecular complexity index is 540. The number of aldehydes is 1. The molecule has 0 aliphatic heterocycles. The molecule has 0 aliphatic rings. The molecule has 0 radical (unpaired) electrons. The summed E-state index contributed by atoms with van der Waals surface area (Å²) >= 11 is 0. The first-order chi connectivity index (χ1) is 9.85. The Labute approximate surface area is 119 Å². The number of carbonyl (C=O) groups excluding carboxylic acids is 1. The van der Waals surface area contributed by atoms with Crippen LogP contribution in [0.1, 0.15) is 28.4 Å². The number of nitrogens with one attached hydrogen (secondary N) is 1. The minimum atomic E-state index is -0.0650. The van der Waals surface area contributed by atoms with Gasteiger partial charge in [0.15, 0.2) is 6.29 Å². The van der Waals surface area contributed by atoms with Crippen molar-refractivity contribution in [3.63, 3.8) is 0 Å². The maximum absolute atomic E-state index is 11.1. The van der Waals surface area contributed by atoms with E-state index in [1.54, 1.807) is 6.07 Å². The van der Waals surface area contributed by atoms with Gasteiger partial charge in [-0.25, -0.2) is 0 Å². The zero-order chi connectivity index (χ0) is 14.2. The fourth-order valence-electron chi connectivity index (χ4n) is 2.08. The van der Waals surface area contributed by atoms with E-state index >= 15 is 0 Å². The molecule has 0 aliphatic carbocycles. The predicted octanol–water partition coefficient (Wildman–Crippen LogP) is 3.23. The van der Waals surface area contributed by atoms with Crippen molar-refractivity contribution in [3.05, 3.63) is 65.7 Å². The van der Waals surface area contributed by atoms with Crippen molar-refractivity contribution in [2.24, 2.45) is 0 Å². The van der Waals surface area contributed by atoms with Crippen molar-refractivity contribution in [1.29, 1.82) is 0 Å². The van der Waals surface area contributed by atoms with Crippen molar-refractivity contribution < 1.29 is 9.53 Å². The quantitative estimate of drug-likeness (QED) is 0.784. The Hall–Kier alpha value is -2.13. The van der Waals surface area contributed by atoms with Crippen molar-refractivity contribution in [2.45, 2.75) is 12.5 Å². The molecule has 1 N–H and O–H groups in total. The van der Waals surface area contributed by atoms with Gasteiger partial charge in [-0.1, -0.05) is 42.5 Å². The topological polar surface area (TPSA) is 38.3 Å². The van der Waals surface area contributed by atoms with Gasteiger partial charge in [-0.05, 0) is 31.3 Å². The monoisotopic (exact) mass is 269 g/mol. The third-order valence-electron chi connectivity index (χ3n) is 3.14. The minimum absolute atomic E-state index is 0.0650. The normalized spacial score (nSPS) is 11.8.